The fourth-order valence-electron chi connectivity index (χ4n) is 4.34. The first-order valence-electron chi connectivity index (χ1n) is 12.1. The molecule has 1 amide bonds. The summed E-state index contributed by atoms with van der Waals surface area (Å²) in [5.41, 5.74) is 7.63. The van der Waals surface area contributed by atoms with Gasteiger partial charge in [-0.25, -0.2) is 9.59 Å². The zero-order valence-electron chi connectivity index (χ0n) is 21.8. The lowest BCUT2D eigenvalue weighted by atomic mass is 9.81. The van der Waals surface area contributed by atoms with Crippen LogP contribution in [0.3, 0.4) is 0 Å². The summed E-state index contributed by atoms with van der Waals surface area (Å²) < 4.78 is 15.5. The number of esters is 2. The van der Waals surface area contributed by atoms with Gasteiger partial charge in [0.15, 0.2) is 6.61 Å². The van der Waals surface area contributed by atoms with Crippen LogP contribution in [0.15, 0.2) is 108 Å². The molecule has 1 aliphatic rings. The lowest BCUT2D eigenvalue weighted by Gasteiger charge is -2.35. The van der Waals surface area contributed by atoms with Crippen molar-refractivity contribution >= 4 is 29.2 Å². The van der Waals surface area contributed by atoms with Gasteiger partial charge in [0.25, 0.3) is 5.91 Å². The molecule has 10 nitrogen and oxygen atoms in total. The first kappa shape index (κ1) is 27.5. The van der Waals surface area contributed by atoms with E-state index in [9.17, 15) is 19.6 Å². The van der Waals surface area contributed by atoms with Crippen LogP contribution in [-0.4, -0.2) is 38.7 Å². The molecule has 40 heavy (non-hydrogen) atoms. The van der Waals surface area contributed by atoms with Gasteiger partial charge < -0.3 is 25.3 Å². The molecular weight excluding hydrogens is 512 g/mol. The number of carbonyl (C=O) groups excluding carboxylic acids is 3. The van der Waals surface area contributed by atoms with E-state index in [1.807, 2.05) is 6.07 Å². The number of carbonyl (C=O) groups is 3. The Balaban J connectivity index is 1.71. The van der Waals surface area contributed by atoms with Crippen LogP contribution in [0.5, 0.6) is 5.75 Å². The number of nitrogens with zero attached hydrogens (tertiary/aromatic N) is 2. The Morgan fingerprint density at radius 3 is 2.08 bits per heavy atom. The van der Waals surface area contributed by atoms with Gasteiger partial charge in [-0.1, -0.05) is 48.5 Å². The average molecular weight is 539 g/mol. The van der Waals surface area contributed by atoms with Gasteiger partial charge in [-0.3, -0.25) is 9.69 Å². The molecule has 3 aromatic rings. The molecule has 3 aromatic carbocycles. The van der Waals surface area contributed by atoms with Crippen LogP contribution in [0.4, 0.5) is 11.4 Å². The second kappa shape index (κ2) is 12.3. The third-order valence-corrected chi connectivity index (χ3v) is 6.13. The second-order valence-electron chi connectivity index (χ2n) is 8.53. The Labute approximate surface area is 230 Å². The molecule has 0 aliphatic carbocycles. The summed E-state index contributed by atoms with van der Waals surface area (Å²) in [6.45, 7) is -0.197. The number of nitriles is 1. The Hall–Kier alpha value is -5.56. The van der Waals surface area contributed by atoms with Crippen LogP contribution in [0, 0.1) is 11.3 Å². The minimum atomic E-state index is -0.966. The SMILES string of the molecule is COC(=O)C1=C(C(=O)OC)N(c2ccc(NC(=O)COc3ccccc3)cc2)C(N)=C(C#N)C1c1ccccc1. The number of rotatable bonds is 8. The first-order valence-corrected chi connectivity index (χ1v) is 12.1. The van der Waals surface area contributed by atoms with Crippen LogP contribution in [-0.2, 0) is 23.9 Å². The minimum Gasteiger partial charge on any atom is -0.484 e. The Morgan fingerprint density at radius 2 is 1.50 bits per heavy atom. The Kier molecular flexibility index (Phi) is 8.46. The number of nitrogens with two attached hydrogens (primary N) is 1. The zero-order chi connectivity index (χ0) is 28.6. The molecule has 1 unspecified atom stereocenters. The lowest BCUT2D eigenvalue weighted by molar-refractivity contribution is -0.139. The molecule has 0 saturated heterocycles. The molecule has 10 heteroatoms. The smallest absolute Gasteiger partial charge is 0.355 e. The lowest BCUT2D eigenvalue weighted by Crippen LogP contribution is -2.40. The topological polar surface area (TPSA) is 144 Å². The Morgan fingerprint density at radius 1 is 0.900 bits per heavy atom. The van der Waals surface area contributed by atoms with Crippen molar-refractivity contribution < 1.29 is 28.6 Å². The van der Waals surface area contributed by atoms with Crippen molar-refractivity contribution in [1.29, 1.82) is 5.26 Å². The summed E-state index contributed by atoms with van der Waals surface area (Å²) in [5, 5.41) is 12.9. The van der Waals surface area contributed by atoms with Gasteiger partial charge in [0.1, 0.15) is 17.3 Å². The number of hydrogen-bond acceptors (Lipinski definition) is 9. The monoisotopic (exact) mass is 538 g/mol. The van der Waals surface area contributed by atoms with Crippen molar-refractivity contribution in [1.82, 2.24) is 0 Å². The molecule has 0 spiro atoms. The van der Waals surface area contributed by atoms with Crippen molar-refractivity contribution in [3.8, 4) is 11.8 Å². The maximum absolute atomic E-state index is 13.1. The molecule has 0 radical (unpaired) electrons. The summed E-state index contributed by atoms with van der Waals surface area (Å²) in [6.07, 6.45) is 0. The van der Waals surface area contributed by atoms with Crippen LogP contribution in [0.1, 0.15) is 11.5 Å². The van der Waals surface area contributed by atoms with E-state index < -0.39 is 17.9 Å². The van der Waals surface area contributed by atoms with E-state index in [-0.39, 0.29) is 35.2 Å². The molecule has 1 heterocycles. The molecular formula is C30H26N4O6. The number of ether oxygens (including phenoxy) is 3. The number of methoxy groups -OCH3 is 2. The Bertz CT molecular complexity index is 1510. The summed E-state index contributed by atoms with van der Waals surface area (Å²) in [7, 11) is 2.36. The summed E-state index contributed by atoms with van der Waals surface area (Å²) >= 11 is 0. The standard InChI is InChI=1S/C30H26N4O6/c1-38-29(36)26-25(19-9-5-3-6-10-19)23(17-31)28(32)34(27(26)30(37)39-2)21-15-13-20(14-16-21)33-24(35)18-40-22-11-7-4-8-12-22/h3-16,25H,18,32H2,1-2H3,(H,33,35). The molecule has 0 aromatic heterocycles. The van der Waals surface area contributed by atoms with E-state index in [1.54, 1.807) is 78.9 Å². The number of amides is 1. The normalized spacial score (nSPS) is 14.7. The van der Waals surface area contributed by atoms with E-state index in [0.29, 0.717) is 22.7 Å². The second-order valence-corrected chi connectivity index (χ2v) is 8.53. The maximum atomic E-state index is 13.1. The van der Waals surface area contributed by atoms with Crippen molar-refractivity contribution in [2.75, 3.05) is 31.0 Å². The van der Waals surface area contributed by atoms with Crippen molar-refractivity contribution in [2.24, 2.45) is 5.73 Å². The van der Waals surface area contributed by atoms with E-state index in [0.717, 1.165) is 0 Å². The molecule has 1 aliphatic heterocycles. The predicted octanol–water partition coefficient (Wildman–Crippen LogP) is 3.60. The van der Waals surface area contributed by atoms with Crippen molar-refractivity contribution in [2.45, 2.75) is 5.92 Å². The first-order chi connectivity index (χ1) is 19.4. The largest absolute Gasteiger partial charge is 0.484 e. The van der Waals surface area contributed by atoms with Gasteiger partial charge in [0.2, 0.25) is 0 Å². The van der Waals surface area contributed by atoms with E-state index in [2.05, 4.69) is 11.4 Å². The highest BCUT2D eigenvalue weighted by atomic mass is 16.5. The third-order valence-electron chi connectivity index (χ3n) is 6.13. The number of hydrogen-bond donors (Lipinski definition) is 2. The van der Waals surface area contributed by atoms with Crippen molar-refractivity contribution in [3.63, 3.8) is 0 Å². The molecule has 4 rings (SSSR count). The summed E-state index contributed by atoms with van der Waals surface area (Å²) in [5.74, 6) is -2.51. The van der Waals surface area contributed by atoms with Crippen LogP contribution >= 0.6 is 0 Å². The number of benzene rings is 3. The van der Waals surface area contributed by atoms with Gasteiger partial charge in [-0.05, 0) is 42.0 Å². The number of para-hydroxylation sites is 1. The summed E-state index contributed by atoms with van der Waals surface area (Å²) in [6, 6.07) is 26.1. The van der Waals surface area contributed by atoms with Gasteiger partial charge in [-0.15, -0.1) is 0 Å². The van der Waals surface area contributed by atoms with E-state index >= 15 is 0 Å². The van der Waals surface area contributed by atoms with Gasteiger partial charge in [0, 0.05) is 11.4 Å². The van der Waals surface area contributed by atoms with E-state index in [1.165, 1.54) is 19.1 Å². The molecule has 0 bridgehead atoms. The van der Waals surface area contributed by atoms with E-state index in [4.69, 9.17) is 19.9 Å². The minimum absolute atomic E-state index is 0.0506. The zero-order valence-corrected chi connectivity index (χ0v) is 21.8. The van der Waals surface area contributed by atoms with Crippen molar-refractivity contribution in [3.05, 3.63) is 113 Å². The number of nitrogens with one attached hydrogen (secondary N) is 1. The fourth-order valence-corrected chi connectivity index (χ4v) is 4.34. The average Bonchev–Trinajstić information content (AvgIpc) is 3.00. The molecule has 3 N–H and O–H groups in total. The number of anilines is 2. The highest BCUT2D eigenvalue weighted by Gasteiger charge is 2.42. The highest BCUT2D eigenvalue weighted by molar-refractivity contribution is 6.06. The van der Waals surface area contributed by atoms with Crippen LogP contribution < -0.4 is 20.7 Å². The molecule has 0 saturated carbocycles. The molecule has 1 atom stereocenters. The fraction of sp³-hybridized carbons (Fsp3) is 0.133. The van der Waals surface area contributed by atoms with Crippen LogP contribution in [0.25, 0.3) is 0 Å². The molecule has 202 valence electrons. The van der Waals surface area contributed by atoms with Gasteiger partial charge in [0.05, 0.1) is 37.4 Å². The third kappa shape index (κ3) is 5.63. The quantitative estimate of drug-likeness (QED) is 0.411. The van der Waals surface area contributed by atoms with Gasteiger partial charge in [-0.2, -0.15) is 5.26 Å². The predicted molar refractivity (Wildman–Crippen MR) is 147 cm³/mol. The maximum Gasteiger partial charge on any atom is 0.355 e. The molecule has 0 fully saturated rings. The van der Waals surface area contributed by atoms with Crippen LogP contribution in [0.2, 0.25) is 0 Å². The summed E-state index contributed by atoms with van der Waals surface area (Å²) in [4.78, 5) is 39.9. The number of allylic oxidation sites excluding steroid dienone is 1. The highest BCUT2D eigenvalue weighted by Crippen LogP contribution is 2.43. The van der Waals surface area contributed by atoms with Gasteiger partial charge >= 0.3 is 11.9 Å².